The first-order valence-electron chi connectivity index (χ1n) is 20.1. The van der Waals surface area contributed by atoms with Crippen LogP contribution in [-0.4, -0.2) is 98.7 Å². The Morgan fingerprint density at radius 1 is 0.941 bits per heavy atom. The van der Waals surface area contributed by atoms with Crippen molar-refractivity contribution in [3.8, 4) is 0 Å². The van der Waals surface area contributed by atoms with Gasteiger partial charge in [0, 0.05) is 0 Å². The van der Waals surface area contributed by atoms with Gasteiger partial charge in [0.15, 0.2) is 6.29 Å². The first-order valence-corrected chi connectivity index (χ1v) is 20.1. The van der Waals surface area contributed by atoms with Crippen LogP contribution in [0.3, 0.4) is 0 Å². The molecule has 2 heterocycles. The molecule has 4 fully saturated rings. The summed E-state index contributed by atoms with van der Waals surface area (Å²) in [5.41, 5.74) is 3.30. The van der Waals surface area contributed by atoms with Crippen LogP contribution < -0.4 is 0 Å². The van der Waals surface area contributed by atoms with Crippen LogP contribution in [0.25, 0.3) is 0 Å². The molecule has 13 atom stereocenters. The molecular formula is C40H67N3O8. The third kappa shape index (κ3) is 8.46. The summed E-state index contributed by atoms with van der Waals surface area (Å²) in [7, 11) is 0. The van der Waals surface area contributed by atoms with Gasteiger partial charge in [-0.1, -0.05) is 70.7 Å². The maximum atomic E-state index is 10.1. The standard InChI is InChI=1S/C40H67N3O8/c1-25(2)7-6-8-26(3)31-11-12-32-30-10-9-27-21-29(13-15-39(27,4)33(30)14-16-40(31,32)5)50-24-28-22-43(42-41-28)17-18-48-19-20-49-38-37(47)36(46)35(45)34(23-44)51-38/h9,22,25-26,29-38,44-47H,6-8,10-21,23-24H2,1-5H3/t26-,29+,30+,31-,32?,33+,34?,35-,36?,37?,38+,39+,40-/m1/s1. The molecule has 0 bridgehead atoms. The molecule has 1 aromatic rings. The number of fused-ring (bicyclic) bond motifs is 5. The fraction of sp³-hybridized carbons (Fsp3) is 0.900. The lowest BCUT2D eigenvalue weighted by atomic mass is 9.47. The Morgan fingerprint density at radius 2 is 1.76 bits per heavy atom. The maximum Gasteiger partial charge on any atom is 0.186 e. The summed E-state index contributed by atoms with van der Waals surface area (Å²) in [5.74, 6) is 5.11. The molecule has 0 spiro atoms. The Labute approximate surface area is 305 Å². The highest BCUT2D eigenvalue weighted by atomic mass is 16.7. The minimum absolute atomic E-state index is 0.107. The first kappa shape index (κ1) is 39.3. The number of allylic oxidation sites excluding steroid dienone is 1. The summed E-state index contributed by atoms with van der Waals surface area (Å²) in [6, 6.07) is 0. The van der Waals surface area contributed by atoms with Crippen molar-refractivity contribution in [3.05, 3.63) is 23.5 Å². The van der Waals surface area contributed by atoms with Gasteiger partial charge in [-0.2, -0.15) is 0 Å². The molecule has 3 saturated carbocycles. The summed E-state index contributed by atoms with van der Waals surface area (Å²) in [5, 5.41) is 47.7. The average molecular weight is 718 g/mol. The largest absolute Gasteiger partial charge is 0.394 e. The van der Waals surface area contributed by atoms with E-state index in [1.54, 1.807) is 10.3 Å². The predicted octanol–water partition coefficient (Wildman–Crippen LogP) is 5.04. The van der Waals surface area contributed by atoms with Gasteiger partial charge in [-0.25, -0.2) is 4.68 Å². The van der Waals surface area contributed by atoms with Crippen LogP contribution in [-0.2, 0) is 32.1 Å². The molecule has 1 aromatic heterocycles. The zero-order valence-corrected chi connectivity index (χ0v) is 31.9. The minimum atomic E-state index is -1.46. The van der Waals surface area contributed by atoms with E-state index in [9.17, 15) is 20.4 Å². The molecule has 6 rings (SSSR count). The van der Waals surface area contributed by atoms with Crippen molar-refractivity contribution >= 4 is 0 Å². The Morgan fingerprint density at radius 3 is 2.55 bits per heavy atom. The summed E-state index contributed by atoms with van der Waals surface area (Å²) in [6.45, 7) is 13.8. The van der Waals surface area contributed by atoms with Crippen molar-refractivity contribution in [1.82, 2.24) is 15.0 Å². The van der Waals surface area contributed by atoms with E-state index in [0.717, 1.165) is 54.0 Å². The number of aromatic nitrogens is 3. The first-order chi connectivity index (χ1) is 24.4. The monoisotopic (exact) mass is 717 g/mol. The lowest BCUT2D eigenvalue weighted by Gasteiger charge is -2.58. The predicted molar refractivity (Wildman–Crippen MR) is 192 cm³/mol. The molecule has 51 heavy (non-hydrogen) atoms. The quantitative estimate of drug-likeness (QED) is 0.136. The number of aliphatic hydroxyl groups excluding tert-OH is 4. The second-order valence-electron chi connectivity index (χ2n) is 17.6. The Balaban J connectivity index is 0.917. The van der Waals surface area contributed by atoms with Gasteiger partial charge in [0.05, 0.1) is 51.9 Å². The summed E-state index contributed by atoms with van der Waals surface area (Å²) in [4.78, 5) is 0. The van der Waals surface area contributed by atoms with E-state index in [1.807, 2.05) is 6.20 Å². The Kier molecular flexibility index (Phi) is 13.0. The lowest BCUT2D eigenvalue weighted by molar-refractivity contribution is -0.302. The zero-order chi connectivity index (χ0) is 36.3. The third-order valence-corrected chi connectivity index (χ3v) is 14.1. The number of nitrogens with zero attached hydrogens (tertiary/aromatic N) is 3. The van der Waals surface area contributed by atoms with E-state index >= 15 is 0 Å². The van der Waals surface area contributed by atoms with Gasteiger partial charge in [-0.15, -0.1) is 5.10 Å². The molecule has 11 nitrogen and oxygen atoms in total. The summed E-state index contributed by atoms with van der Waals surface area (Å²) < 4.78 is 24.7. The third-order valence-electron chi connectivity index (χ3n) is 14.1. The number of rotatable bonds is 16. The van der Waals surface area contributed by atoms with Crippen LogP contribution in [0.1, 0.15) is 111 Å². The molecule has 4 N–H and O–H groups in total. The summed E-state index contributed by atoms with van der Waals surface area (Å²) in [6.07, 6.45) is 12.8. The van der Waals surface area contributed by atoms with Crippen LogP contribution in [0.4, 0.5) is 0 Å². The molecular weight excluding hydrogens is 650 g/mol. The van der Waals surface area contributed by atoms with Gasteiger partial charge in [0.25, 0.3) is 0 Å². The number of aliphatic hydroxyl groups is 4. The molecule has 5 aliphatic rings. The van der Waals surface area contributed by atoms with E-state index < -0.39 is 37.3 Å². The van der Waals surface area contributed by atoms with Crippen LogP contribution in [0.15, 0.2) is 17.8 Å². The fourth-order valence-corrected chi connectivity index (χ4v) is 11.2. The normalized spacial score (nSPS) is 40.1. The molecule has 0 radical (unpaired) electrons. The number of ether oxygens (including phenoxy) is 4. The van der Waals surface area contributed by atoms with E-state index in [4.69, 9.17) is 18.9 Å². The van der Waals surface area contributed by atoms with Crippen molar-refractivity contribution in [2.45, 2.75) is 155 Å². The van der Waals surface area contributed by atoms with E-state index in [0.29, 0.717) is 30.6 Å². The molecule has 290 valence electrons. The van der Waals surface area contributed by atoms with Gasteiger partial charge < -0.3 is 39.4 Å². The molecule has 1 saturated heterocycles. The highest BCUT2D eigenvalue weighted by Crippen LogP contribution is 2.67. The molecule has 4 unspecified atom stereocenters. The van der Waals surface area contributed by atoms with Crippen molar-refractivity contribution in [2.24, 2.45) is 46.3 Å². The van der Waals surface area contributed by atoms with Crippen LogP contribution in [0, 0.1) is 46.3 Å². The van der Waals surface area contributed by atoms with Crippen molar-refractivity contribution in [3.63, 3.8) is 0 Å². The van der Waals surface area contributed by atoms with Crippen LogP contribution in [0.5, 0.6) is 0 Å². The molecule has 0 aromatic carbocycles. The van der Waals surface area contributed by atoms with E-state index in [2.05, 4.69) is 51.0 Å². The van der Waals surface area contributed by atoms with Gasteiger partial charge in [-0.3, -0.25) is 0 Å². The zero-order valence-electron chi connectivity index (χ0n) is 31.9. The Hall–Kier alpha value is -1.44. The van der Waals surface area contributed by atoms with Gasteiger partial charge in [-0.05, 0) is 97.7 Å². The van der Waals surface area contributed by atoms with Crippen molar-refractivity contribution in [2.75, 3.05) is 26.4 Å². The van der Waals surface area contributed by atoms with Gasteiger partial charge in [0.2, 0.25) is 0 Å². The highest BCUT2D eigenvalue weighted by molar-refractivity contribution is 5.25. The topological polar surface area (TPSA) is 149 Å². The lowest BCUT2D eigenvalue weighted by Crippen LogP contribution is -2.59. The van der Waals surface area contributed by atoms with Crippen LogP contribution >= 0.6 is 0 Å². The van der Waals surface area contributed by atoms with E-state index in [1.165, 1.54) is 57.8 Å². The van der Waals surface area contributed by atoms with Crippen molar-refractivity contribution < 1.29 is 39.4 Å². The second-order valence-corrected chi connectivity index (χ2v) is 17.6. The minimum Gasteiger partial charge on any atom is -0.394 e. The van der Waals surface area contributed by atoms with Gasteiger partial charge in [0.1, 0.15) is 30.1 Å². The Bertz CT molecular complexity index is 1290. The molecule has 0 amide bonds. The van der Waals surface area contributed by atoms with Crippen LogP contribution in [0.2, 0.25) is 0 Å². The smallest absolute Gasteiger partial charge is 0.186 e. The van der Waals surface area contributed by atoms with Gasteiger partial charge >= 0.3 is 0 Å². The maximum absolute atomic E-state index is 10.1. The van der Waals surface area contributed by atoms with Crippen molar-refractivity contribution in [1.29, 1.82) is 0 Å². The summed E-state index contributed by atoms with van der Waals surface area (Å²) >= 11 is 0. The second kappa shape index (κ2) is 16.9. The highest BCUT2D eigenvalue weighted by Gasteiger charge is 2.59. The van der Waals surface area contributed by atoms with E-state index in [-0.39, 0.29) is 19.3 Å². The molecule has 4 aliphatic carbocycles. The number of hydrogen-bond acceptors (Lipinski definition) is 10. The molecule has 11 heteroatoms. The number of hydrogen-bond donors (Lipinski definition) is 4. The SMILES string of the molecule is CC(C)CCC[C@@H](C)[C@H]1CCC2[C@@H]3CC=C4C[C@@H](OCc5cn(CCOCCO[C@H]6OC(CO)[C@@H](O)C(O)C6O)nn5)CC[C@]4(C)[C@H]3CC[C@@]21C. The average Bonchev–Trinajstić information content (AvgIpc) is 3.72. The molecule has 1 aliphatic heterocycles. The fourth-order valence-electron chi connectivity index (χ4n) is 11.2.